The van der Waals surface area contributed by atoms with E-state index in [2.05, 4.69) is 31.2 Å². The number of benzene rings is 2. The van der Waals surface area contributed by atoms with Gasteiger partial charge in [-0.15, -0.1) is 0 Å². The predicted octanol–water partition coefficient (Wildman–Crippen LogP) is 7.20. The lowest BCUT2D eigenvalue weighted by molar-refractivity contribution is 0.303. The highest BCUT2D eigenvalue weighted by molar-refractivity contribution is 6.32. The van der Waals surface area contributed by atoms with Gasteiger partial charge in [-0.1, -0.05) is 55.6 Å². The Balaban J connectivity index is 1.33. The highest BCUT2D eigenvalue weighted by Crippen LogP contribution is 2.39. The molecular formula is C24H28ClFO2. The van der Waals surface area contributed by atoms with Crippen molar-refractivity contribution in [1.29, 1.82) is 0 Å². The lowest BCUT2D eigenvalue weighted by Gasteiger charge is -2.28. The van der Waals surface area contributed by atoms with Crippen LogP contribution in [0.4, 0.5) is 4.39 Å². The Labute approximate surface area is 172 Å². The number of epoxide rings is 1. The molecule has 1 saturated carbocycles. The van der Waals surface area contributed by atoms with E-state index in [-0.39, 0.29) is 11.1 Å². The van der Waals surface area contributed by atoms with E-state index < -0.39 is 5.82 Å². The Morgan fingerprint density at radius 2 is 1.79 bits per heavy atom. The highest BCUT2D eigenvalue weighted by Gasteiger charge is 2.29. The van der Waals surface area contributed by atoms with Gasteiger partial charge in [0.2, 0.25) is 0 Å². The van der Waals surface area contributed by atoms with Gasteiger partial charge < -0.3 is 9.47 Å². The molecule has 1 aliphatic heterocycles. The molecule has 28 heavy (non-hydrogen) atoms. The van der Waals surface area contributed by atoms with E-state index in [1.807, 2.05) is 0 Å². The van der Waals surface area contributed by atoms with Crippen LogP contribution in [0.5, 0.6) is 5.75 Å². The van der Waals surface area contributed by atoms with Crippen LogP contribution < -0.4 is 4.74 Å². The zero-order valence-electron chi connectivity index (χ0n) is 16.4. The average Bonchev–Trinajstić information content (AvgIpc) is 3.56. The molecule has 2 nitrogen and oxygen atoms in total. The quantitative estimate of drug-likeness (QED) is 0.456. The molecular weight excluding hydrogens is 375 g/mol. The fraction of sp³-hybridized carbons (Fsp3) is 0.500. The maximum Gasteiger partial charge on any atom is 0.151 e. The molecule has 1 aliphatic carbocycles. The molecule has 0 amide bonds. The molecule has 4 heteroatoms. The summed E-state index contributed by atoms with van der Waals surface area (Å²) in [5.41, 5.74) is 3.00. The van der Waals surface area contributed by atoms with E-state index in [0.717, 1.165) is 11.5 Å². The van der Waals surface area contributed by atoms with Crippen LogP contribution in [0.25, 0.3) is 0 Å². The van der Waals surface area contributed by atoms with E-state index in [9.17, 15) is 4.39 Å². The second-order valence-corrected chi connectivity index (χ2v) is 8.52. The van der Waals surface area contributed by atoms with Gasteiger partial charge in [0.15, 0.2) is 5.82 Å². The van der Waals surface area contributed by atoms with Gasteiger partial charge in [0.25, 0.3) is 0 Å². The minimum absolute atomic E-state index is 0.0356. The lowest BCUT2D eigenvalue weighted by Crippen LogP contribution is -2.13. The summed E-state index contributed by atoms with van der Waals surface area (Å²) >= 11 is 6.14. The van der Waals surface area contributed by atoms with Crippen LogP contribution in [0, 0.1) is 11.7 Å². The SMILES string of the molecule is CCCC1CCC(c2ccc(COc3ccc(C4CO4)c(F)c3Cl)cc2)CC1. The Hall–Kier alpha value is -1.58. The molecule has 2 aromatic rings. The fourth-order valence-electron chi connectivity index (χ4n) is 4.37. The van der Waals surface area contributed by atoms with Crippen LogP contribution in [-0.4, -0.2) is 6.61 Å². The van der Waals surface area contributed by atoms with E-state index in [1.54, 1.807) is 12.1 Å². The minimum Gasteiger partial charge on any atom is -0.487 e. The maximum absolute atomic E-state index is 14.3. The first-order valence-electron chi connectivity index (χ1n) is 10.5. The summed E-state index contributed by atoms with van der Waals surface area (Å²) in [5, 5.41) is 0.0356. The van der Waals surface area contributed by atoms with E-state index in [4.69, 9.17) is 21.1 Å². The zero-order chi connectivity index (χ0) is 19.5. The first-order chi connectivity index (χ1) is 13.7. The normalized spacial score (nSPS) is 24.2. The van der Waals surface area contributed by atoms with Gasteiger partial charge in [0.05, 0.1) is 6.61 Å². The molecule has 0 N–H and O–H groups in total. The summed E-state index contributed by atoms with van der Waals surface area (Å²) in [4.78, 5) is 0. The summed E-state index contributed by atoms with van der Waals surface area (Å²) in [6.45, 7) is 3.21. The Kier molecular flexibility index (Phi) is 6.22. The molecule has 0 radical (unpaired) electrons. The molecule has 4 rings (SSSR count). The van der Waals surface area contributed by atoms with Crippen LogP contribution in [0.3, 0.4) is 0 Å². The first kappa shape index (κ1) is 19.7. The van der Waals surface area contributed by atoms with E-state index in [1.165, 1.54) is 44.1 Å². The van der Waals surface area contributed by atoms with Crippen molar-refractivity contribution in [3.63, 3.8) is 0 Å². The number of hydrogen-bond acceptors (Lipinski definition) is 2. The molecule has 2 aromatic carbocycles. The summed E-state index contributed by atoms with van der Waals surface area (Å²) in [6, 6.07) is 12.1. The maximum atomic E-state index is 14.3. The Bertz CT molecular complexity index is 793. The molecule has 1 saturated heterocycles. The van der Waals surface area contributed by atoms with Crippen LogP contribution in [0.2, 0.25) is 5.02 Å². The third-order valence-corrected chi connectivity index (χ3v) is 6.50. The number of ether oxygens (including phenoxy) is 2. The van der Waals surface area contributed by atoms with Crippen LogP contribution >= 0.6 is 11.6 Å². The van der Waals surface area contributed by atoms with Crippen LogP contribution in [-0.2, 0) is 11.3 Å². The average molecular weight is 403 g/mol. The van der Waals surface area contributed by atoms with Gasteiger partial charge in [-0.2, -0.15) is 0 Å². The number of halogens is 2. The van der Waals surface area contributed by atoms with Crippen molar-refractivity contribution < 1.29 is 13.9 Å². The molecule has 0 bridgehead atoms. The van der Waals surface area contributed by atoms with Crippen LogP contribution in [0.1, 0.15) is 74.2 Å². The van der Waals surface area contributed by atoms with Crippen LogP contribution in [0.15, 0.2) is 36.4 Å². The van der Waals surface area contributed by atoms with Crippen molar-refractivity contribution in [3.05, 3.63) is 63.9 Å². The molecule has 0 aromatic heterocycles. The fourth-order valence-corrected chi connectivity index (χ4v) is 4.60. The Morgan fingerprint density at radius 1 is 1.07 bits per heavy atom. The predicted molar refractivity (Wildman–Crippen MR) is 110 cm³/mol. The van der Waals surface area contributed by atoms with E-state index >= 15 is 0 Å². The molecule has 1 unspecified atom stereocenters. The zero-order valence-corrected chi connectivity index (χ0v) is 17.2. The van der Waals surface area contributed by atoms with Gasteiger partial charge in [-0.3, -0.25) is 0 Å². The minimum atomic E-state index is -0.435. The van der Waals surface area contributed by atoms with Crippen molar-refractivity contribution in [2.24, 2.45) is 5.92 Å². The third kappa shape index (κ3) is 4.52. The van der Waals surface area contributed by atoms with Gasteiger partial charge in [-0.05, 0) is 60.8 Å². The molecule has 1 heterocycles. The van der Waals surface area contributed by atoms with Gasteiger partial charge in [0, 0.05) is 5.56 Å². The van der Waals surface area contributed by atoms with Gasteiger partial charge in [-0.25, -0.2) is 4.39 Å². The van der Waals surface area contributed by atoms with Gasteiger partial charge in [0.1, 0.15) is 23.5 Å². The molecule has 1 atom stereocenters. The van der Waals surface area contributed by atoms with Crippen molar-refractivity contribution >= 4 is 11.6 Å². The lowest BCUT2D eigenvalue weighted by atomic mass is 9.77. The molecule has 2 fully saturated rings. The summed E-state index contributed by atoms with van der Waals surface area (Å²) in [7, 11) is 0. The standard InChI is InChI=1S/C24H28ClFO2/c1-2-3-16-4-8-18(9-5-16)19-10-6-17(7-11-19)14-27-21-13-12-20(22-15-28-22)24(26)23(21)25/h6-7,10-13,16,18,22H,2-5,8-9,14-15H2,1H3. The molecule has 0 spiro atoms. The first-order valence-corrected chi connectivity index (χ1v) is 10.8. The van der Waals surface area contributed by atoms with Gasteiger partial charge >= 0.3 is 0 Å². The second-order valence-electron chi connectivity index (χ2n) is 8.14. The van der Waals surface area contributed by atoms with Crippen molar-refractivity contribution in [1.82, 2.24) is 0 Å². The van der Waals surface area contributed by atoms with Crippen molar-refractivity contribution in [3.8, 4) is 5.75 Å². The monoisotopic (exact) mass is 402 g/mol. The second kappa shape index (κ2) is 8.84. The topological polar surface area (TPSA) is 21.8 Å². The van der Waals surface area contributed by atoms with Crippen molar-refractivity contribution in [2.45, 2.75) is 64.1 Å². The van der Waals surface area contributed by atoms with E-state index in [0.29, 0.717) is 30.4 Å². The van der Waals surface area contributed by atoms with Crippen molar-refractivity contribution in [2.75, 3.05) is 6.61 Å². The largest absolute Gasteiger partial charge is 0.487 e. The smallest absolute Gasteiger partial charge is 0.151 e. The summed E-state index contributed by atoms with van der Waals surface area (Å²) < 4.78 is 25.2. The highest BCUT2D eigenvalue weighted by atomic mass is 35.5. The number of hydrogen-bond donors (Lipinski definition) is 0. The molecule has 2 aliphatic rings. The molecule has 150 valence electrons. The third-order valence-electron chi connectivity index (χ3n) is 6.15. The summed E-state index contributed by atoms with van der Waals surface area (Å²) in [5.74, 6) is 1.55. The number of rotatable bonds is 7. The Morgan fingerprint density at radius 3 is 2.43 bits per heavy atom. The summed E-state index contributed by atoms with van der Waals surface area (Å²) in [6.07, 6.45) is 7.83.